The molecule has 0 fully saturated rings. The first-order valence-corrected chi connectivity index (χ1v) is 11.5. The zero-order valence-corrected chi connectivity index (χ0v) is 21.0. The van der Waals surface area contributed by atoms with Gasteiger partial charge in [0.05, 0.1) is 20.8 Å². The van der Waals surface area contributed by atoms with Crippen LogP contribution in [0.2, 0.25) is 0 Å². The molecule has 1 aromatic heterocycles. The molecule has 0 radical (unpaired) electrons. The summed E-state index contributed by atoms with van der Waals surface area (Å²) in [4.78, 5) is 29.6. The molecule has 1 heterocycles. The van der Waals surface area contributed by atoms with Gasteiger partial charge >= 0.3 is 0 Å². The van der Waals surface area contributed by atoms with E-state index in [-0.39, 0.29) is 30.3 Å². The molecule has 7 nitrogen and oxygen atoms in total. The van der Waals surface area contributed by atoms with E-state index < -0.39 is 0 Å². The van der Waals surface area contributed by atoms with Gasteiger partial charge in [-0.25, -0.2) is 0 Å². The summed E-state index contributed by atoms with van der Waals surface area (Å²) in [7, 11) is 3.21. The lowest BCUT2D eigenvalue weighted by atomic mass is 10.1. The van der Waals surface area contributed by atoms with E-state index in [1.54, 1.807) is 24.0 Å². The van der Waals surface area contributed by atoms with Crippen LogP contribution in [0.15, 0.2) is 34.7 Å². The summed E-state index contributed by atoms with van der Waals surface area (Å²) >= 11 is 0. The van der Waals surface area contributed by atoms with Crippen LogP contribution in [0.25, 0.3) is 0 Å². The highest BCUT2D eigenvalue weighted by molar-refractivity contribution is 5.86. The molecule has 0 N–H and O–H groups in total. The molecular weight excluding hydrogens is 420 g/mol. The van der Waals surface area contributed by atoms with Crippen molar-refractivity contribution in [2.24, 2.45) is 5.92 Å². The van der Waals surface area contributed by atoms with Crippen molar-refractivity contribution in [3.63, 3.8) is 0 Å². The predicted octanol–water partition coefficient (Wildman–Crippen LogP) is 4.46. The van der Waals surface area contributed by atoms with Crippen LogP contribution < -0.4 is 9.47 Å². The largest absolute Gasteiger partial charge is 0.493 e. The van der Waals surface area contributed by atoms with Crippen LogP contribution in [-0.4, -0.2) is 55.0 Å². The molecule has 0 aliphatic heterocycles. The van der Waals surface area contributed by atoms with Gasteiger partial charge in [-0.1, -0.05) is 26.8 Å². The molecule has 1 atom stereocenters. The maximum absolute atomic E-state index is 13.4. The first-order chi connectivity index (χ1) is 15.7. The van der Waals surface area contributed by atoms with Gasteiger partial charge in [0.1, 0.15) is 18.1 Å². The average molecular weight is 459 g/mol. The number of rotatable bonds is 12. The van der Waals surface area contributed by atoms with Gasteiger partial charge in [0.25, 0.3) is 0 Å². The average Bonchev–Trinajstić information content (AvgIpc) is 3.23. The molecule has 2 amide bonds. The molecule has 182 valence electrons. The van der Waals surface area contributed by atoms with Crippen molar-refractivity contribution >= 4 is 11.8 Å². The molecule has 0 saturated heterocycles. The topological polar surface area (TPSA) is 72.2 Å². The highest BCUT2D eigenvalue weighted by Crippen LogP contribution is 2.28. The lowest BCUT2D eigenvalue weighted by molar-refractivity contribution is -0.144. The molecule has 0 saturated carbocycles. The number of hydrogen-bond acceptors (Lipinski definition) is 5. The van der Waals surface area contributed by atoms with Gasteiger partial charge in [-0.15, -0.1) is 0 Å². The fourth-order valence-electron chi connectivity index (χ4n) is 3.60. The summed E-state index contributed by atoms with van der Waals surface area (Å²) < 4.78 is 16.5. The van der Waals surface area contributed by atoms with E-state index in [1.165, 1.54) is 0 Å². The fraction of sp³-hybridized carbons (Fsp3) is 0.538. The number of nitrogens with zero attached hydrogens (tertiary/aromatic N) is 2. The van der Waals surface area contributed by atoms with Crippen molar-refractivity contribution in [1.29, 1.82) is 0 Å². The number of furan rings is 1. The minimum absolute atomic E-state index is 0.00798. The Morgan fingerprint density at radius 3 is 2.27 bits per heavy atom. The zero-order chi connectivity index (χ0) is 24.5. The fourth-order valence-corrected chi connectivity index (χ4v) is 3.60. The Balaban J connectivity index is 2.22. The van der Waals surface area contributed by atoms with Crippen molar-refractivity contribution in [3.05, 3.63) is 47.4 Å². The van der Waals surface area contributed by atoms with Crippen LogP contribution in [0.3, 0.4) is 0 Å². The molecule has 0 aliphatic rings. The summed E-state index contributed by atoms with van der Waals surface area (Å²) in [6.45, 7) is 10.5. The van der Waals surface area contributed by atoms with Crippen LogP contribution >= 0.6 is 0 Å². The van der Waals surface area contributed by atoms with E-state index >= 15 is 0 Å². The Morgan fingerprint density at radius 1 is 1.03 bits per heavy atom. The summed E-state index contributed by atoms with van der Waals surface area (Å²) in [5.41, 5.74) is 1.03. The van der Waals surface area contributed by atoms with Crippen molar-refractivity contribution in [2.45, 2.75) is 60.0 Å². The number of methoxy groups -OCH3 is 2. The van der Waals surface area contributed by atoms with Gasteiger partial charge in [0.15, 0.2) is 11.5 Å². The Hall–Kier alpha value is -2.96. The number of carbonyl (C=O) groups excluding carboxylic acids is 2. The van der Waals surface area contributed by atoms with E-state index in [0.29, 0.717) is 31.0 Å². The normalized spacial score (nSPS) is 11.9. The first-order valence-electron chi connectivity index (χ1n) is 11.5. The minimum atomic E-state index is -0.167. The third-order valence-corrected chi connectivity index (χ3v) is 5.82. The van der Waals surface area contributed by atoms with Gasteiger partial charge < -0.3 is 23.7 Å². The van der Waals surface area contributed by atoms with Crippen LogP contribution in [-0.2, 0) is 22.6 Å². The first kappa shape index (κ1) is 26.3. The van der Waals surface area contributed by atoms with E-state index in [9.17, 15) is 9.59 Å². The highest BCUT2D eigenvalue weighted by atomic mass is 16.5. The number of carbonyl (C=O) groups is 2. The maximum atomic E-state index is 13.4. The zero-order valence-electron chi connectivity index (χ0n) is 21.0. The standard InChI is InChI=1S/C26H38N2O5/c1-8-19(4)28(26(30)18(2)3)17-25(29)27(16-22-11-9-20(5)33-22)14-13-21-10-12-23(31-6)24(15-21)32-7/h9-12,15,18-19H,8,13-14,16-17H2,1-7H3. The maximum Gasteiger partial charge on any atom is 0.242 e. The van der Waals surface area contributed by atoms with Crippen LogP contribution in [0.5, 0.6) is 11.5 Å². The second-order valence-electron chi connectivity index (χ2n) is 8.65. The molecule has 1 aromatic carbocycles. The second-order valence-corrected chi connectivity index (χ2v) is 8.65. The van der Waals surface area contributed by atoms with Gasteiger partial charge in [0, 0.05) is 18.5 Å². The molecule has 0 bridgehead atoms. The van der Waals surface area contributed by atoms with E-state index in [2.05, 4.69) is 0 Å². The molecule has 7 heteroatoms. The Labute approximate surface area is 197 Å². The Bertz CT molecular complexity index is 921. The molecule has 0 aliphatic carbocycles. The minimum Gasteiger partial charge on any atom is -0.493 e. The third-order valence-electron chi connectivity index (χ3n) is 5.82. The summed E-state index contributed by atoms with van der Waals surface area (Å²) in [6, 6.07) is 9.52. The SMILES string of the molecule is CCC(C)N(CC(=O)N(CCc1ccc(OC)c(OC)c1)Cc1ccc(C)o1)C(=O)C(C)C. The number of hydrogen-bond donors (Lipinski definition) is 0. The second kappa shape index (κ2) is 12.3. The lowest BCUT2D eigenvalue weighted by Crippen LogP contribution is -2.48. The Morgan fingerprint density at radius 2 is 1.73 bits per heavy atom. The van der Waals surface area contributed by atoms with Gasteiger partial charge in [0.2, 0.25) is 11.8 Å². The quantitative estimate of drug-likeness (QED) is 0.470. The van der Waals surface area contributed by atoms with Crippen molar-refractivity contribution in [3.8, 4) is 11.5 Å². The number of benzene rings is 1. The molecule has 2 aromatic rings. The van der Waals surface area contributed by atoms with E-state index in [4.69, 9.17) is 13.9 Å². The molecule has 1 unspecified atom stereocenters. The van der Waals surface area contributed by atoms with E-state index in [0.717, 1.165) is 23.5 Å². The molecule has 33 heavy (non-hydrogen) atoms. The molecular formula is C26H38N2O5. The molecule has 0 spiro atoms. The number of aryl methyl sites for hydroxylation is 1. The van der Waals surface area contributed by atoms with Crippen molar-refractivity contribution in [2.75, 3.05) is 27.3 Å². The van der Waals surface area contributed by atoms with Crippen molar-refractivity contribution in [1.82, 2.24) is 9.80 Å². The van der Waals surface area contributed by atoms with Crippen LogP contribution in [0.4, 0.5) is 0 Å². The Kier molecular flexibility index (Phi) is 9.82. The number of ether oxygens (including phenoxy) is 2. The van der Waals surface area contributed by atoms with E-state index in [1.807, 2.05) is 65.0 Å². The van der Waals surface area contributed by atoms with Crippen LogP contribution in [0, 0.1) is 12.8 Å². The van der Waals surface area contributed by atoms with Crippen LogP contribution in [0.1, 0.15) is 51.2 Å². The smallest absolute Gasteiger partial charge is 0.242 e. The van der Waals surface area contributed by atoms with Crippen molar-refractivity contribution < 1.29 is 23.5 Å². The number of amides is 2. The summed E-state index contributed by atoms with van der Waals surface area (Å²) in [5, 5.41) is 0. The summed E-state index contributed by atoms with van der Waals surface area (Å²) in [6.07, 6.45) is 1.42. The van der Waals surface area contributed by atoms with Gasteiger partial charge in [-0.05, 0) is 56.5 Å². The van der Waals surface area contributed by atoms with Gasteiger partial charge in [-0.3, -0.25) is 9.59 Å². The predicted molar refractivity (Wildman–Crippen MR) is 128 cm³/mol. The highest BCUT2D eigenvalue weighted by Gasteiger charge is 2.26. The summed E-state index contributed by atoms with van der Waals surface area (Å²) in [5.74, 6) is 2.56. The lowest BCUT2D eigenvalue weighted by Gasteiger charge is -2.32. The molecule has 2 rings (SSSR count). The monoisotopic (exact) mass is 458 g/mol. The van der Waals surface area contributed by atoms with Gasteiger partial charge in [-0.2, -0.15) is 0 Å². The third kappa shape index (κ3) is 7.27.